The van der Waals surface area contributed by atoms with Gasteiger partial charge in [-0.15, -0.1) is 0 Å². The molecule has 1 aromatic heterocycles. The number of nitrogens with one attached hydrogen (secondary N) is 1. The van der Waals surface area contributed by atoms with E-state index in [9.17, 15) is 13.2 Å². The molecule has 1 heterocycles. The average Bonchev–Trinajstić information content (AvgIpc) is 2.86. The number of hydrogen-bond donors (Lipinski definition) is 2. The van der Waals surface area contributed by atoms with Crippen LogP contribution < -0.4 is 15.8 Å². The van der Waals surface area contributed by atoms with Gasteiger partial charge in [0.05, 0.1) is 13.7 Å². The number of anilines is 1. The van der Waals surface area contributed by atoms with Gasteiger partial charge in [-0.2, -0.15) is 18.3 Å². The molecule has 0 aliphatic carbocycles. The number of nitrogens with zero attached hydrogens (tertiary/aromatic N) is 3. The third-order valence-corrected chi connectivity index (χ3v) is 2.93. The number of aromatic nitrogens is 2. The molecule has 0 radical (unpaired) electrons. The minimum absolute atomic E-state index is 0.00442. The second-order valence-corrected chi connectivity index (χ2v) is 4.73. The molecule has 0 fully saturated rings. The van der Waals surface area contributed by atoms with Crippen molar-refractivity contribution in [2.24, 2.45) is 17.8 Å². The van der Waals surface area contributed by atoms with Crippen LogP contribution in [0.15, 0.2) is 35.5 Å². The Morgan fingerprint density at radius 1 is 1.43 bits per heavy atom. The molecule has 6 nitrogen and oxygen atoms in total. The Balaban J connectivity index is 2.11. The van der Waals surface area contributed by atoms with Crippen LogP contribution in [0.1, 0.15) is 11.3 Å². The number of benzene rings is 1. The van der Waals surface area contributed by atoms with E-state index in [-0.39, 0.29) is 18.1 Å². The SMILES string of the molecule is COc1cccc(NC(N)=NCc2cn(C)nc2C(F)(F)F)c1. The van der Waals surface area contributed by atoms with Crippen molar-refractivity contribution in [2.45, 2.75) is 12.7 Å². The number of nitrogens with two attached hydrogens (primary N) is 1. The fourth-order valence-electron chi connectivity index (χ4n) is 1.95. The van der Waals surface area contributed by atoms with Crippen LogP contribution in [0.5, 0.6) is 5.75 Å². The van der Waals surface area contributed by atoms with E-state index in [0.717, 1.165) is 4.68 Å². The standard InChI is InChI=1S/C14H16F3N5O/c1-22-8-9(12(21-22)14(15,16)17)7-19-13(18)20-10-4-3-5-11(6-10)23-2/h3-6,8H,7H2,1-2H3,(H3,18,19,20). The zero-order valence-corrected chi connectivity index (χ0v) is 12.6. The van der Waals surface area contributed by atoms with Crippen molar-refractivity contribution in [3.8, 4) is 5.75 Å². The van der Waals surface area contributed by atoms with Gasteiger partial charge in [0.15, 0.2) is 11.7 Å². The Bertz CT molecular complexity index is 709. The molecule has 2 aromatic rings. The van der Waals surface area contributed by atoms with Crippen molar-refractivity contribution in [1.29, 1.82) is 0 Å². The van der Waals surface area contributed by atoms with Crippen molar-refractivity contribution in [1.82, 2.24) is 9.78 Å². The highest BCUT2D eigenvalue weighted by Gasteiger charge is 2.36. The van der Waals surface area contributed by atoms with Gasteiger partial charge < -0.3 is 15.8 Å². The number of alkyl halides is 3. The Hall–Kier alpha value is -2.71. The maximum absolute atomic E-state index is 12.8. The maximum Gasteiger partial charge on any atom is 0.435 e. The summed E-state index contributed by atoms with van der Waals surface area (Å²) in [4.78, 5) is 3.92. The molecule has 0 aliphatic rings. The average molecular weight is 327 g/mol. The van der Waals surface area contributed by atoms with Gasteiger partial charge in [0.1, 0.15) is 5.75 Å². The molecule has 0 spiro atoms. The first-order valence-corrected chi connectivity index (χ1v) is 6.60. The summed E-state index contributed by atoms with van der Waals surface area (Å²) in [6, 6.07) is 6.92. The van der Waals surface area contributed by atoms with Crippen LogP contribution in [0.25, 0.3) is 0 Å². The van der Waals surface area contributed by atoms with E-state index in [1.807, 2.05) is 0 Å². The third-order valence-electron chi connectivity index (χ3n) is 2.93. The molecule has 0 unspecified atom stereocenters. The first-order valence-electron chi connectivity index (χ1n) is 6.60. The maximum atomic E-state index is 12.8. The lowest BCUT2D eigenvalue weighted by Gasteiger charge is -2.08. The van der Waals surface area contributed by atoms with Crippen LogP contribution in [0, 0.1) is 0 Å². The summed E-state index contributed by atoms with van der Waals surface area (Å²) in [5.41, 5.74) is 5.31. The normalized spacial score (nSPS) is 12.3. The van der Waals surface area contributed by atoms with Gasteiger partial charge in [0.25, 0.3) is 0 Å². The largest absolute Gasteiger partial charge is 0.497 e. The predicted octanol–water partition coefficient (Wildman–Crippen LogP) is 2.37. The number of ether oxygens (including phenoxy) is 1. The van der Waals surface area contributed by atoms with E-state index < -0.39 is 11.9 Å². The van der Waals surface area contributed by atoms with Crippen LogP contribution in [0.2, 0.25) is 0 Å². The number of aliphatic imine (C=N–C) groups is 1. The lowest BCUT2D eigenvalue weighted by molar-refractivity contribution is -0.142. The molecule has 0 bridgehead atoms. The van der Waals surface area contributed by atoms with Gasteiger partial charge in [0.2, 0.25) is 0 Å². The topological polar surface area (TPSA) is 77.5 Å². The van der Waals surface area contributed by atoms with Crippen LogP contribution in [0.4, 0.5) is 18.9 Å². The van der Waals surface area contributed by atoms with Crippen molar-refractivity contribution in [3.63, 3.8) is 0 Å². The van der Waals surface area contributed by atoms with E-state index in [2.05, 4.69) is 15.4 Å². The smallest absolute Gasteiger partial charge is 0.435 e. The highest BCUT2D eigenvalue weighted by atomic mass is 19.4. The highest BCUT2D eigenvalue weighted by molar-refractivity contribution is 5.92. The molecule has 0 aliphatic heterocycles. The van der Waals surface area contributed by atoms with Crippen molar-refractivity contribution in [3.05, 3.63) is 41.7 Å². The molecular weight excluding hydrogens is 311 g/mol. The summed E-state index contributed by atoms with van der Waals surface area (Å²) in [6.45, 7) is -0.231. The van der Waals surface area contributed by atoms with Gasteiger partial charge in [0, 0.05) is 30.6 Å². The second-order valence-electron chi connectivity index (χ2n) is 4.73. The molecule has 0 saturated carbocycles. The van der Waals surface area contributed by atoms with E-state index in [1.54, 1.807) is 24.3 Å². The van der Waals surface area contributed by atoms with Crippen LogP contribution in [-0.4, -0.2) is 22.8 Å². The summed E-state index contributed by atoms with van der Waals surface area (Å²) < 4.78 is 44.7. The Kier molecular flexibility index (Phi) is 4.77. The Labute approximate surface area is 130 Å². The van der Waals surface area contributed by atoms with Crippen LogP contribution in [0.3, 0.4) is 0 Å². The third kappa shape index (κ3) is 4.38. The minimum atomic E-state index is -4.53. The Morgan fingerprint density at radius 2 is 2.17 bits per heavy atom. The highest BCUT2D eigenvalue weighted by Crippen LogP contribution is 2.30. The van der Waals surface area contributed by atoms with Gasteiger partial charge in [-0.05, 0) is 12.1 Å². The first kappa shape index (κ1) is 16.7. The number of hydrogen-bond acceptors (Lipinski definition) is 3. The molecule has 0 saturated heterocycles. The van der Waals surface area contributed by atoms with Crippen LogP contribution >= 0.6 is 0 Å². The molecular formula is C14H16F3N5O. The zero-order valence-electron chi connectivity index (χ0n) is 12.6. The fourth-order valence-corrected chi connectivity index (χ4v) is 1.95. The van der Waals surface area contributed by atoms with E-state index in [4.69, 9.17) is 10.5 Å². The van der Waals surface area contributed by atoms with Gasteiger partial charge >= 0.3 is 6.18 Å². The van der Waals surface area contributed by atoms with E-state index >= 15 is 0 Å². The molecule has 0 amide bonds. The fraction of sp³-hybridized carbons (Fsp3) is 0.286. The lowest BCUT2D eigenvalue weighted by Crippen LogP contribution is -2.22. The molecule has 1 aromatic carbocycles. The predicted molar refractivity (Wildman–Crippen MR) is 80.2 cm³/mol. The number of aryl methyl sites for hydroxylation is 1. The van der Waals surface area contributed by atoms with Gasteiger partial charge in [-0.25, -0.2) is 4.99 Å². The first-order chi connectivity index (χ1) is 10.8. The van der Waals surface area contributed by atoms with E-state index in [1.165, 1.54) is 20.4 Å². The molecule has 124 valence electrons. The minimum Gasteiger partial charge on any atom is -0.497 e. The molecule has 9 heteroatoms. The number of guanidine groups is 1. The van der Waals surface area contributed by atoms with Gasteiger partial charge in [-0.3, -0.25) is 4.68 Å². The second kappa shape index (κ2) is 6.59. The van der Waals surface area contributed by atoms with Crippen molar-refractivity contribution < 1.29 is 17.9 Å². The van der Waals surface area contributed by atoms with Gasteiger partial charge in [-0.1, -0.05) is 6.07 Å². The molecule has 0 atom stereocenters. The number of rotatable bonds is 4. The zero-order chi connectivity index (χ0) is 17.0. The number of methoxy groups -OCH3 is 1. The molecule has 2 rings (SSSR count). The lowest BCUT2D eigenvalue weighted by atomic mass is 10.2. The summed E-state index contributed by atoms with van der Waals surface area (Å²) in [6.07, 6.45) is -3.26. The van der Waals surface area contributed by atoms with Crippen molar-refractivity contribution in [2.75, 3.05) is 12.4 Å². The van der Waals surface area contributed by atoms with Crippen LogP contribution in [-0.2, 0) is 19.8 Å². The monoisotopic (exact) mass is 327 g/mol. The Morgan fingerprint density at radius 3 is 2.83 bits per heavy atom. The molecule has 3 N–H and O–H groups in total. The number of halogens is 3. The molecule has 23 heavy (non-hydrogen) atoms. The van der Waals surface area contributed by atoms with E-state index in [0.29, 0.717) is 11.4 Å². The summed E-state index contributed by atoms with van der Waals surface area (Å²) in [5.74, 6) is 0.615. The quantitative estimate of drug-likeness (QED) is 0.668. The summed E-state index contributed by atoms with van der Waals surface area (Å²) in [5, 5.41) is 6.20. The van der Waals surface area contributed by atoms with Crippen molar-refractivity contribution >= 4 is 11.6 Å². The summed E-state index contributed by atoms with van der Waals surface area (Å²) >= 11 is 0. The summed E-state index contributed by atoms with van der Waals surface area (Å²) in [7, 11) is 2.94.